The lowest BCUT2D eigenvalue weighted by Crippen LogP contribution is -2.04. The molecular formula is C10H10Br2O2. The number of hydrogen-bond acceptors (Lipinski definition) is 1. The zero-order valence-electron chi connectivity index (χ0n) is 7.68. The van der Waals surface area contributed by atoms with E-state index in [4.69, 9.17) is 5.11 Å². The van der Waals surface area contributed by atoms with Gasteiger partial charge in [0.1, 0.15) is 0 Å². The van der Waals surface area contributed by atoms with Gasteiger partial charge in [-0.05, 0) is 29.7 Å². The summed E-state index contributed by atoms with van der Waals surface area (Å²) in [6, 6.07) is 3.83. The van der Waals surface area contributed by atoms with Crippen LogP contribution in [0, 0.1) is 0 Å². The number of benzene rings is 1. The molecule has 0 fully saturated rings. The Morgan fingerprint density at radius 2 is 2.07 bits per heavy atom. The molecule has 1 aromatic carbocycles. The Kier molecular flexibility index (Phi) is 4.13. The number of aryl methyl sites for hydroxylation is 1. The van der Waals surface area contributed by atoms with E-state index in [2.05, 4.69) is 31.9 Å². The van der Waals surface area contributed by atoms with E-state index in [1.807, 2.05) is 19.1 Å². The van der Waals surface area contributed by atoms with Crippen LogP contribution in [0.4, 0.5) is 0 Å². The molecule has 1 aromatic rings. The average molecular weight is 322 g/mol. The van der Waals surface area contributed by atoms with Gasteiger partial charge in [-0.3, -0.25) is 4.79 Å². The summed E-state index contributed by atoms with van der Waals surface area (Å²) < 4.78 is 1.82. The maximum absolute atomic E-state index is 10.6. The topological polar surface area (TPSA) is 37.3 Å². The highest BCUT2D eigenvalue weighted by atomic mass is 79.9. The molecule has 0 atom stereocenters. The van der Waals surface area contributed by atoms with Gasteiger partial charge in [0.25, 0.3) is 0 Å². The Hall–Kier alpha value is -0.350. The van der Waals surface area contributed by atoms with Crippen LogP contribution in [0.1, 0.15) is 18.1 Å². The highest BCUT2D eigenvalue weighted by Crippen LogP contribution is 2.26. The monoisotopic (exact) mass is 320 g/mol. The minimum absolute atomic E-state index is 0.0665. The van der Waals surface area contributed by atoms with Crippen molar-refractivity contribution in [3.05, 3.63) is 32.2 Å². The van der Waals surface area contributed by atoms with Gasteiger partial charge < -0.3 is 5.11 Å². The quantitative estimate of drug-likeness (QED) is 0.926. The standard InChI is InChI=1S/C10H10Br2O2/c1-2-6-3-7(11)4-9(12)8(6)5-10(13)14/h3-4H,2,5H2,1H3,(H,13,14). The minimum atomic E-state index is -0.803. The number of carboxylic acid groups (broad SMARTS) is 1. The Morgan fingerprint density at radius 3 is 2.57 bits per heavy atom. The summed E-state index contributed by atoms with van der Waals surface area (Å²) in [6.07, 6.45) is 0.900. The summed E-state index contributed by atoms with van der Waals surface area (Å²) in [5.41, 5.74) is 1.93. The van der Waals surface area contributed by atoms with Gasteiger partial charge in [0, 0.05) is 8.95 Å². The van der Waals surface area contributed by atoms with Gasteiger partial charge in [0.05, 0.1) is 6.42 Å². The molecule has 0 heterocycles. The Balaban J connectivity index is 3.18. The van der Waals surface area contributed by atoms with Crippen molar-refractivity contribution in [2.45, 2.75) is 19.8 Å². The van der Waals surface area contributed by atoms with Crippen LogP contribution in [0.15, 0.2) is 21.1 Å². The molecular weight excluding hydrogens is 312 g/mol. The lowest BCUT2D eigenvalue weighted by atomic mass is 10.0. The maximum Gasteiger partial charge on any atom is 0.307 e. The molecule has 0 aliphatic carbocycles. The lowest BCUT2D eigenvalue weighted by Gasteiger charge is -2.08. The highest BCUT2D eigenvalue weighted by Gasteiger charge is 2.10. The van der Waals surface area contributed by atoms with Crippen LogP contribution < -0.4 is 0 Å². The minimum Gasteiger partial charge on any atom is -0.481 e. The maximum atomic E-state index is 10.6. The second-order valence-electron chi connectivity index (χ2n) is 2.95. The molecule has 2 nitrogen and oxygen atoms in total. The molecule has 0 spiro atoms. The van der Waals surface area contributed by atoms with Gasteiger partial charge in [0.15, 0.2) is 0 Å². The van der Waals surface area contributed by atoms with E-state index >= 15 is 0 Å². The van der Waals surface area contributed by atoms with Crippen molar-refractivity contribution >= 4 is 37.8 Å². The number of rotatable bonds is 3. The van der Waals surface area contributed by atoms with E-state index in [9.17, 15) is 4.79 Å². The Labute approximate surface area is 99.6 Å². The molecule has 0 unspecified atom stereocenters. The number of aliphatic carboxylic acids is 1. The molecule has 0 aromatic heterocycles. The van der Waals surface area contributed by atoms with Crippen molar-refractivity contribution in [2.24, 2.45) is 0 Å². The van der Waals surface area contributed by atoms with Gasteiger partial charge in [-0.15, -0.1) is 0 Å². The van der Waals surface area contributed by atoms with Crippen molar-refractivity contribution in [3.8, 4) is 0 Å². The van der Waals surface area contributed by atoms with Crippen LogP contribution >= 0.6 is 31.9 Å². The van der Waals surface area contributed by atoms with E-state index in [0.29, 0.717) is 0 Å². The van der Waals surface area contributed by atoms with Gasteiger partial charge in [-0.1, -0.05) is 38.8 Å². The van der Waals surface area contributed by atoms with Crippen LogP contribution in [0.2, 0.25) is 0 Å². The van der Waals surface area contributed by atoms with E-state index in [1.165, 1.54) is 0 Å². The molecule has 0 aliphatic rings. The molecule has 0 radical (unpaired) electrons. The van der Waals surface area contributed by atoms with E-state index in [1.54, 1.807) is 0 Å². The molecule has 1 rings (SSSR count). The van der Waals surface area contributed by atoms with Crippen LogP contribution in [0.5, 0.6) is 0 Å². The first-order valence-electron chi connectivity index (χ1n) is 4.23. The summed E-state index contributed by atoms with van der Waals surface area (Å²) in [4.78, 5) is 10.6. The molecule has 0 aliphatic heterocycles. The zero-order chi connectivity index (χ0) is 10.7. The molecule has 0 amide bonds. The third kappa shape index (κ3) is 2.82. The van der Waals surface area contributed by atoms with Crippen molar-refractivity contribution in [1.82, 2.24) is 0 Å². The summed E-state index contributed by atoms with van der Waals surface area (Å²) in [5.74, 6) is -0.803. The fourth-order valence-electron chi connectivity index (χ4n) is 1.32. The number of halogens is 2. The van der Waals surface area contributed by atoms with Gasteiger partial charge in [-0.25, -0.2) is 0 Å². The highest BCUT2D eigenvalue weighted by molar-refractivity contribution is 9.11. The summed E-state index contributed by atoms with van der Waals surface area (Å²) >= 11 is 6.75. The molecule has 0 saturated carbocycles. The molecule has 4 heteroatoms. The van der Waals surface area contributed by atoms with Crippen molar-refractivity contribution < 1.29 is 9.90 Å². The third-order valence-corrected chi connectivity index (χ3v) is 3.13. The first-order chi connectivity index (χ1) is 6.54. The average Bonchev–Trinajstić information content (AvgIpc) is 2.08. The van der Waals surface area contributed by atoms with Crippen LogP contribution in [-0.4, -0.2) is 11.1 Å². The Bertz CT molecular complexity index is 361. The first kappa shape index (κ1) is 11.7. The molecule has 0 bridgehead atoms. The molecule has 0 saturated heterocycles. The fourth-order valence-corrected chi connectivity index (χ4v) is 2.78. The fraction of sp³-hybridized carbons (Fsp3) is 0.300. The molecule has 76 valence electrons. The lowest BCUT2D eigenvalue weighted by molar-refractivity contribution is -0.136. The summed E-state index contributed by atoms with van der Waals surface area (Å²) in [5, 5.41) is 8.75. The summed E-state index contributed by atoms with van der Waals surface area (Å²) in [6.45, 7) is 2.01. The van der Waals surface area contributed by atoms with Gasteiger partial charge in [-0.2, -0.15) is 0 Å². The second kappa shape index (κ2) is 4.94. The first-order valence-corrected chi connectivity index (χ1v) is 5.81. The normalized spacial score (nSPS) is 10.2. The van der Waals surface area contributed by atoms with Crippen LogP contribution in [-0.2, 0) is 17.6 Å². The van der Waals surface area contributed by atoms with Gasteiger partial charge in [0.2, 0.25) is 0 Å². The molecule has 14 heavy (non-hydrogen) atoms. The molecule has 1 N–H and O–H groups in total. The number of carboxylic acids is 1. The predicted molar refractivity (Wildman–Crippen MR) is 62.6 cm³/mol. The third-order valence-electron chi connectivity index (χ3n) is 1.96. The van der Waals surface area contributed by atoms with Crippen LogP contribution in [0.3, 0.4) is 0 Å². The number of hydrogen-bond donors (Lipinski definition) is 1. The zero-order valence-corrected chi connectivity index (χ0v) is 10.9. The van der Waals surface area contributed by atoms with Crippen molar-refractivity contribution in [2.75, 3.05) is 0 Å². The summed E-state index contributed by atoms with van der Waals surface area (Å²) in [7, 11) is 0. The van der Waals surface area contributed by atoms with E-state index in [-0.39, 0.29) is 6.42 Å². The largest absolute Gasteiger partial charge is 0.481 e. The van der Waals surface area contributed by atoms with Crippen molar-refractivity contribution in [1.29, 1.82) is 0 Å². The SMILES string of the molecule is CCc1cc(Br)cc(Br)c1CC(=O)O. The van der Waals surface area contributed by atoms with E-state index in [0.717, 1.165) is 26.5 Å². The van der Waals surface area contributed by atoms with Gasteiger partial charge >= 0.3 is 5.97 Å². The van der Waals surface area contributed by atoms with Crippen molar-refractivity contribution in [3.63, 3.8) is 0 Å². The van der Waals surface area contributed by atoms with Crippen LogP contribution in [0.25, 0.3) is 0 Å². The van der Waals surface area contributed by atoms with E-state index < -0.39 is 5.97 Å². The Morgan fingerprint density at radius 1 is 1.43 bits per heavy atom. The second-order valence-corrected chi connectivity index (χ2v) is 4.72. The number of carbonyl (C=O) groups is 1. The predicted octanol–water partition coefficient (Wildman–Crippen LogP) is 3.40. The smallest absolute Gasteiger partial charge is 0.307 e.